The Hall–Kier alpha value is -3.84. The van der Waals surface area contributed by atoms with E-state index >= 15 is 0 Å². The van der Waals surface area contributed by atoms with Gasteiger partial charge in [-0.3, -0.25) is 0 Å². The number of benzene rings is 4. The minimum atomic E-state index is -0.0571. The van der Waals surface area contributed by atoms with E-state index in [0.29, 0.717) is 0 Å². The highest BCUT2D eigenvalue weighted by atomic mass is 14.9. The van der Waals surface area contributed by atoms with Crippen molar-refractivity contribution < 1.29 is 0 Å². The van der Waals surface area contributed by atoms with Crippen LogP contribution in [0.15, 0.2) is 79.4 Å². The molecule has 0 spiro atoms. The smallest absolute Gasteiger partial charge is 0.0495 e. The molecule has 6 rings (SSSR count). The number of aryl methyl sites for hydroxylation is 2. The summed E-state index contributed by atoms with van der Waals surface area (Å²) in [5.41, 5.74) is 13.1. The molecule has 35 heavy (non-hydrogen) atoms. The van der Waals surface area contributed by atoms with Crippen LogP contribution in [0.2, 0.25) is 0 Å². The van der Waals surface area contributed by atoms with E-state index < -0.39 is 0 Å². The predicted octanol–water partition coefficient (Wildman–Crippen LogP) is 9.29. The summed E-state index contributed by atoms with van der Waals surface area (Å²) in [4.78, 5) is 0. The zero-order valence-corrected chi connectivity index (χ0v) is 21.2. The van der Waals surface area contributed by atoms with Crippen LogP contribution in [0.1, 0.15) is 48.7 Å². The van der Waals surface area contributed by atoms with E-state index in [0.717, 1.165) is 5.69 Å². The molecule has 0 fully saturated rings. The molecule has 0 saturated carbocycles. The molecule has 1 aliphatic carbocycles. The molecule has 1 aromatic heterocycles. The summed E-state index contributed by atoms with van der Waals surface area (Å²) >= 11 is 0. The van der Waals surface area contributed by atoms with E-state index in [-0.39, 0.29) is 5.41 Å². The van der Waals surface area contributed by atoms with Crippen LogP contribution in [0.25, 0.3) is 56.1 Å². The Morgan fingerprint density at radius 3 is 2.34 bits per heavy atom. The van der Waals surface area contributed by atoms with E-state index in [1.807, 2.05) is 6.08 Å². The van der Waals surface area contributed by atoms with Crippen molar-refractivity contribution in [3.63, 3.8) is 0 Å². The van der Waals surface area contributed by atoms with Crippen LogP contribution in [0, 0.1) is 6.92 Å². The number of allylic oxidation sites excluding steroid dienone is 1. The van der Waals surface area contributed by atoms with Crippen LogP contribution in [-0.2, 0) is 12.5 Å². The molecule has 1 heterocycles. The number of fused-ring (bicyclic) bond motifs is 6. The first-order valence-electron chi connectivity index (χ1n) is 12.4. The Bertz CT molecular complexity index is 1700. The maximum Gasteiger partial charge on any atom is 0.0495 e. The lowest BCUT2D eigenvalue weighted by Gasteiger charge is -2.23. The number of nitrogens with zero attached hydrogens (tertiary/aromatic N) is 1. The van der Waals surface area contributed by atoms with Crippen molar-refractivity contribution in [2.75, 3.05) is 0 Å². The molecule has 0 amide bonds. The third-order valence-corrected chi connectivity index (χ3v) is 7.96. The molecule has 1 heteroatoms. The van der Waals surface area contributed by atoms with E-state index in [2.05, 4.69) is 125 Å². The standard InChI is InChI=1S/C34H31N/c1-7-12-26-30(8-2)35(6)31-16-11-15-24(33(26)31)27-20-29-32(23-14-10-9-13-22(23)27)25-18-17-21(3)19-28(25)34(29,4)5/h7-20H,2H2,1,3-6H3/b12-7-. The Labute approximate surface area is 208 Å². The van der Waals surface area contributed by atoms with Gasteiger partial charge < -0.3 is 4.57 Å². The summed E-state index contributed by atoms with van der Waals surface area (Å²) in [6, 6.07) is 25.1. The van der Waals surface area contributed by atoms with Gasteiger partial charge in [0.2, 0.25) is 0 Å². The highest BCUT2D eigenvalue weighted by Crippen LogP contribution is 2.53. The minimum Gasteiger partial charge on any atom is -0.344 e. The average molecular weight is 454 g/mol. The molecule has 0 radical (unpaired) electrons. The van der Waals surface area contributed by atoms with Crippen molar-refractivity contribution in [1.29, 1.82) is 0 Å². The van der Waals surface area contributed by atoms with Crippen molar-refractivity contribution in [1.82, 2.24) is 4.57 Å². The van der Waals surface area contributed by atoms with E-state index in [9.17, 15) is 0 Å². The van der Waals surface area contributed by atoms with Crippen LogP contribution in [0.3, 0.4) is 0 Å². The Morgan fingerprint density at radius 1 is 0.829 bits per heavy atom. The first-order chi connectivity index (χ1) is 16.9. The van der Waals surface area contributed by atoms with Crippen LogP contribution >= 0.6 is 0 Å². The van der Waals surface area contributed by atoms with Gasteiger partial charge >= 0.3 is 0 Å². The first kappa shape index (κ1) is 21.7. The predicted molar refractivity (Wildman–Crippen MR) is 153 cm³/mol. The van der Waals surface area contributed by atoms with E-state index in [1.54, 1.807) is 0 Å². The summed E-state index contributed by atoms with van der Waals surface area (Å²) in [5.74, 6) is 0. The number of aromatic nitrogens is 1. The van der Waals surface area contributed by atoms with Gasteiger partial charge in [0.05, 0.1) is 0 Å². The monoisotopic (exact) mass is 453 g/mol. The van der Waals surface area contributed by atoms with Crippen molar-refractivity contribution in [2.24, 2.45) is 7.05 Å². The summed E-state index contributed by atoms with van der Waals surface area (Å²) in [6.45, 7) is 13.2. The minimum absolute atomic E-state index is 0.0571. The summed E-state index contributed by atoms with van der Waals surface area (Å²) < 4.78 is 2.26. The third-order valence-electron chi connectivity index (χ3n) is 7.96. The fourth-order valence-electron chi connectivity index (χ4n) is 6.27. The van der Waals surface area contributed by atoms with Crippen LogP contribution in [0.4, 0.5) is 0 Å². The van der Waals surface area contributed by atoms with Crippen molar-refractivity contribution in [2.45, 2.75) is 33.1 Å². The molecule has 0 atom stereocenters. The normalized spacial score (nSPS) is 14.1. The highest BCUT2D eigenvalue weighted by molar-refractivity contribution is 6.14. The van der Waals surface area contributed by atoms with Crippen LogP contribution in [0.5, 0.6) is 0 Å². The van der Waals surface area contributed by atoms with E-state index in [4.69, 9.17) is 0 Å². The lowest BCUT2D eigenvalue weighted by molar-refractivity contribution is 0.660. The van der Waals surface area contributed by atoms with Gasteiger partial charge in [-0.15, -0.1) is 0 Å². The van der Waals surface area contributed by atoms with Gasteiger partial charge in [0, 0.05) is 34.6 Å². The van der Waals surface area contributed by atoms with Crippen LogP contribution in [-0.4, -0.2) is 4.57 Å². The van der Waals surface area contributed by atoms with Gasteiger partial charge in [-0.05, 0) is 76.2 Å². The van der Waals surface area contributed by atoms with Gasteiger partial charge in [-0.2, -0.15) is 0 Å². The molecule has 0 unspecified atom stereocenters. The van der Waals surface area contributed by atoms with Crippen LogP contribution < -0.4 is 0 Å². The van der Waals surface area contributed by atoms with Crippen molar-refractivity contribution in [3.05, 3.63) is 107 Å². The SMILES string of the molecule is C=Cc1c(/C=C\C)c2c(-c3cc4c(c5ccccc35)-c3ccc(C)cc3C4(C)C)cccc2n1C. The zero-order valence-electron chi connectivity index (χ0n) is 21.2. The number of hydrogen-bond donors (Lipinski definition) is 0. The lowest BCUT2D eigenvalue weighted by atomic mass is 9.80. The number of hydrogen-bond acceptors (Lipinski definition) is 0. The van der Waals surface area contributed by atoms with Gasteiger partial charge in [0.1, 0.15) is 0 Å². The molecular formula is C34H31N. The number of rotatable bonds is 3. The zero-order chi connectivity index (χ0) is 24.5. The molecule has 0 N–H and O–H groups in total. The fraction of sp³-hybridized carbons (Fsp3) is 0.176. The van der Waals surface area contributed by atoms with Gasteiger partial charge in [0.25, 0.3) is 0 Å². The second-order valence-electron chi connectivity index (χ2n) is 10.3. The molecule has 1 nitrogen and oxygen atoms in total. The summed E-state index contributed by atoms with van der Waals surface area (Å²) in [5, 5.41) is 3.93. The summed E-state index contributed by atoms with van der Waals surface area (Å²) in [6.07, 6.45) is 6.32. The maximum atomic E-state index is 4.12. The Balaban J connectivity index is 1.78. The lowest BCUT2D eigenvalue weighted by Crippen LogP contribution is -2.15. The fourth-order valence-corrected chi connectivity index (χ4v) is 6.27. The molecule has 1 aliphatic rings. The molecule has 0 saturated heterocycles. The molecular weight excluding hydrogens is 422 g/mol. The van der Waals surface area contributed by atoms with Gasteiger partial charge in [0.15, 0.2) is 0 Å². The largest absolute Gasteiger partial charge is 0.344 e. The Kier molecular flexibility index (Phi) is 4.70. The third kappa shape index (κ3) is 2.88. The molecule has 4 aromatic carbocycles. The Morgan fingerprint density at radius 2 is 1.60 bits per heavy atom. The second-order valence-corrected chi connectivity index (χ2v) is 10.3. The van der Waals surface area contributed by atoms with E-state index in [1.165, 1.54) is 66.2 Å². The molecule has 0 aliphatic heterocycles. The second kappa shape index (κ2) is 7.58. The quantitative estimate of drug-likeness (QED) is 0.256. The molecule has 5 aromatic rings. The topological polar surface area (TPSA) is 4.93 Å². The summed E-state index contributed by atoms with van der Waals surface area (Å²) in [7, 11) is 2.14. The van der Waals surface area contributed by atoms with Crippen molar-refractivity contribution in [3.8, 4) is 22.3 Å². The molecule has 172 valence electrons. The van der Waals surface area contributed by atoms with Gasteiger partial charge in [-0.1, -0.05) is 92.7 Å². The maximum absolute atomic E-state index is 4.12. The van der Waals surface area contributed by atoms with Gasteiger partial charge in [-0.25, -0.2) is 0 Å². The molecule has 0 bridgehead atoms. The highest BCUT2D eigenvalue weighted by Gasteiger charge is 2.37. The average Bonchev–Trinajstić information content (AvgIpc) is 3.26. The van der Waals surface area contributed by atoms with Crippen molar-refractivity contribution >= 4 is 33.8 Å². The first-order valence-corrected chi connectivity index (χ1v) is 12.4.